The van der Waals surface area contributed by atoms with Crippen molar-refractivity contribution < 1.29 is 19.5 Å². The maximum Gasteiger partial charge on any atom is 0.303 e. The summed E-state index contributed by atoms with van der Waals surface area (Å²) in [6.45, 7) is 4.14. The molecule has 0 unspecified atom stereocenters. The molecular weight excluding hydrogens is 354 g/mol. The third-order valence-corrected chi connectivity index (χ3v) is 4.72. The van der Waals surface area contributed by atoms with Crippen molar-refractivity contribution in [3.05, 3.63) is 40.9 Å². The van der Waals surface area contributed by atoms with Crippen LogP contribution in [0.4, 0.5) is 10.8 Å². The minimum atomic E-state index is -1.01. The molecule has 0 spiro atoms. The maximum absolute atomic E-state index is 12.1. The number of thiazole rings is 1. The fourth-order valence-electron chi connectivity index (χ4n) is 2.11. The minimum absolute atomic E-state index is 0.0777. The molecule has 0 atom stereocenters. The largest absolute Gasteiger partial charge is 0.481 e. The van der Waals surface area contributed by atoms with Gasteiger partial charge in [0, 0.05) is 23.2 Å². The molecule has 0 aliphatic heterocycles. The number of carbonyl (C=O) groups is 3. The number of carbonyl (C=O) groups excluding carboxylic acids is 2. The molecule has 2 aromatic rings. The van der Waals surface area contributed by atoms with Crippen LogP contribution in [0.3, 0.4) is 0 Å². The zero-order valence-corrected chi connectivity index (χ0v) is 15.4. The monoisotopic (exact) mass is 375 g/mol. The Morgan fingerprint density at radius 3 is 2.35 bits per heavy atom. The zero-order chi connectivity index (χ0) is 19.1. The molecule has 1 aromatic heterocycles. The number of benzene rings is 1. The Labute approximate surface area is 155 Å². The van der Waals surface area contributed by atoms with Gasteiger partial charge in [0.2, 0.25) is 11.8 Å². The van der Waals surface area contributed by atoms with Crippen LogP contribution in [0.1, 0.15) is 43.0 Å². The summed E-state index contributed by atoms with van der Waals surface area (Å²) in [4.78, 5) is 39.4. The Bertz CT molecular complexity index is 784. The highest BCUT2D eigenvalue weighted by Gasteiger charge is 2.10. The quantitative estimate of drug-likeness (QED) is 0.656. The summed E-state index contributed by atoms with van der Waals surface area (Å²) in [5, 5.41) is 14.5. The summed E-state index contributed by atoms with van der Waals surface area (Å²) in [6, 6.07) is 6.85. The van der Waals surface area contributed by atoms with Crippen LogP contribution >= 0.6 is 11.3 Å². The number of rotatable bonds is 8. The van der Waals surface area contributed by atoms with Gasteiger partial charge in [0.1, 0.15) is 0 Å². The van der Waals surface area contributed by atoms with Gasteiger partial charge in [-0.2, -0.15) is 0 Å². The van der Waals surface area contributed by atoms with Gasteiger partial charge in [-0.25, -0.2) is 4.98 Å². The predicted octanol–water partition coefficient (Wildman–Crippen LogP) is 3.25. The number of hydrogen-bond acceptors (Lipinski definition) is 5. The van der Waals surface area contributed by atoms with E-state index in [9.17, 15) is 14.4 Å². The lowest BCUT2D eigenvalue weighted by Crippen LogP contribution is -2.15. The van der Waals surface area contributed by atoms with Gasteiger partial charge in [0.15, 0.2) is 5.13 Å². The van der Waals surface area contributed by atoms with Gasteiger partial charge in [0.05, 0.1) is 12.8 Å². The van der Waals surface area contributed by atoms with Crippen molar-refractivity contribution >= 4 is 39.9 Å². The number of anilines is 2. The second kappa shape index (κ2) is 9.10. The summed E-state index contributed by atoms with van der Waals surface area (Å²) in [6.07, 6.45) is 1.68. The number of aromatic nitrogens is 1. The van der Waals surface area contributed by atoms with Gasteiger partial charge in [-0.3, -0.25) is 14.4 Å². The van der Waals surface area contributed by atoms with Crippen LogP contribution in [0, 0.1) is 0 Å². The Balaban J connectivity index is 1.84. The van der Waals surface area contributed by atoms with Crippen molar-refractivity contribution in [1.29, 1.82) is 0 Å². The summed E-state index contributed by atoms with van der Waals surface area (Å²) in [5.74, 6) is -1.16. The molecule has 26 heavy (non-hydrogen) atoms. The SMILES string of the molecule is CC(C)c1cnc(NC(=O)Cc2ccc(NC(=O)CCC(=O)O)cc2)s1. The van der Waals surface area contributed by atoms with E-state index in [1.54, 1.807) is 30.5 Å². The summed E-state index contributed by atoms with van der Waals surface area (Å²) in [7, 11) is 0. The Hall–Kier alpha value is -2.74. The first kappa shape index (κ1) is 19.6. The fraction of sp³-hybridized carbons (Fsp3) is 0.333. The van der Waals surface area contributed by atoms with Crippen molar-refractivity contribution in [3.63, 3.8) is 0 Å². The highest BCUT2D eigenvalue weighted by atomic mass is 32.1. The van der Waals surface area contributed by atoms with Crippen molar-refractivity contribution in [3.8, 4) is 0 Å². The van der Waals surface area contributed by atoms with Crippen molar-refractivity contribution in [2.24, 2.45) is 0 Å². The average molecular weight is 375 g/mol. The third kappa shape index (κ3) is 6.29. The molecule has 0 saturated carbocycles. The van der Waals surface area contributed by atoms with Crippen LogP contribution in [0.25, 0.3) is 0 Å². The van der Waals surface area contributed by atoms with Crippen LogP contribution in [-0.4, -0.2) is 27.9 Å². The molecule has 0 radical (unpaired) electrons. The van der Waals surface area contributed by atoms with E-state index < -0.39 is 5.97 Å². The number of hydrogen-bond donors (Lipinski definition) is 3. The fourth-order valence-corrected chi connectivity index (χ4v) is 2.94. The van der Waals surface area contributed by atoms with Gasteiger partial charge < -0.3 is 15.7 Å². The van der Waals surface area contributed by atoms with Crippen LogP contribution < -0.4 is 10.6 Å². The molecular formula is C18H21N3O4S. The van der Waals surface area contributed by atoms with Crippen LogP contribution in [0.15, 0.2) is 30.5 Å². The first-order chi connectivity index (χ1) is 12.3. The maximum atomic E-state index is 12.1. The van der Waals surface area contributed by atoms with Gasteiger partial charge in [-0.15, -0.1) is 11.3 Å². The minimum Gasteiger partial charge on any atom is -0.481 e. The number of carboxylic acid groups (broad SMARTS) is 1. The van der Waals surface area contributed by atoms with E-state index in [0.29, 0.717) is 16.7 Å². The van der Waals surface area contributed by atoms with E-state index in [-0.39, 0.29) is 31.1 Å². The summed E-state index contributed by atoms with van der Waals surface area (Å²) in [5.41, 5.74) is 1.36. The van der Waals surface area contributed by atoms with E-state index in [1.165, 1.54) is 11.3 Å². The molecule has 8 heteroatoms. The Kier molecular flexibility index (Phi) is 6.85. The molecule has 2 amide bonds. The van der Waals surface area contributed by atoms with Crippen molar-refractivity contribution in [2.75, 3.05) is 10.6 Å². The first-order valence-corrected chi connectivity index (χ1v) is 9.01. The second-order valence-electron chi connectivity index (χ2n) is 6.09. The molecule has 0 fully saturated rings. The molecule has 2 rings (SSSR count). The normalized spacial score (nSPS) is 10.6. The van der Waals surface area contributed by atoms with Gasteiger partial charge >= 0.3 is 5.97 Å². The third-order valence-electron chi connectivity index (χ3n) is 3.51. The average Bonchev–Trinajstić information content (AvgIpc) is 3.03. The smallest absolute Gasteiger partial charge is 0.303 e. The highest BCUT2D eigenvalue weighted by Crippen LogP contribution is 2.25. The predicted molar refractivity (Wildman–Crippen MR) is 100 cm³/mol. The Morgan fingerprint density at radius 2 is 1.77 bits per heavy atom. The first-order valence-electron chi connectivity index (χ1n) is 8.19. The van der Waals surface area contributed by atoms with Crippen molar-refractivity contribution in [2.45, 2.75) is 39.0 Å². The summed E-state index contributed by atoms with van der Waals surface area (Å²) < 4.78 is 0. The molecule has 138 valence electrons. The zero-order valence-electron chi connectivity index (χ0n) is 14.6. The molecule has 1 heterocycles. The molecule has 0 aliphatic carbocycles. The van der Waals surface area contributed by atoms with Crippen molar-refractivity contribution in [1.82, 2.24) is 4.98 Å². The van der Waals surface area contributed by atoms with Crippen LogP contribution in [0.5, 0.6) is 0 Å². The van der Waals surface area contributed by atoms with E-state index in [0.717, 1.165) is 10.4 Å². The van der Waals surface area contributed by atoms with Gasteiger partial charge in [-0.1, -0.05) is 26.0 Å². The number of carboxylic acids is 1. The van der Waals surface area contributed by atoms with Gasteiger partial charge in [-0.05, 0) is 23.6 Å². The molecule has 3 N–H and O–H groups in total. The topological polar surface area (TPSA) is 108 Å². The molecule has 1 aromatic carbocycles. The standard InChI is InChI=1S/C18H21N3O4S/c1-11(2)14-10-19-18(26-14)21-16(23)9-12-3-5-13(6-4-12)20-15(22)7-8-17(24)25/h3-6,10-11H,7-9H2,1-2H3,(H,20,22)(H,24,25)(H,19,21,23). The lowest BCUT2D eigenvalue weighted by atomic mass is 10.1. The molecule has 0 saturated heterocycles. The Morgan fingerprint density at radius 1 is 1.08 bits per heavy atom. The van der Waals surface area contributed by atoms with E-state index >= 15 is 0 Å². The number of nitrogens with zero attached hydrogens (tertiary/aromatic N) is 1. The molecule has 7 nitrogen and oxygen atoms in total. The van der Waals surface area contributed by atoms with E-state index in [1.807, 2.05) is 0 Å². The number of nitrogens with one attached hydrogen (secondary N) is 2. The lowest BCUT2D eigenvalue weighted by molar-refractivity contribution is -0.138. The number of amides is 2. The van der Waals surface area contributed by atoms with Gasteiger partial charge in [0.25, 0.3) is 0 Å². The second-order valence-corrected chi connectivity index (χ2v) is 7.15. The van der Waals surface area contributed by atoms with Crippen LogP contribution in [-0.2, 0) is 20.8 Å². The van der Waals surface area contributed by atoms with Crippen LogP contribution in [0.2, 0.25) is 0 Å². The molecule has 0 bridgehead atoms. The van der Waals surface area contributed by atoms with E-state index in [4.69, 9.17) is 5.11 Å². The summed E-state index contributed by atoms with van der Waals surface area (Å²) >= 11 is 1.46. The molecule has 0 aliphatic rings. The van der Waals surface area contributed by atoms with E-state index in [2.05, 4.69) is 29.5 Å². The highest BCUT2D eigenvalue weighted by molar-refractivity contribution is 7.15. The number of aliphatic carboxylic acids is 1. The lowest BCUT2D eigenvalue weighted by Gasteiger charge is -2.06.